The van der Waals surface area contributed by atoms with Crippen molar-refractivity contribution in [2.45, 2.75) is 31.8 Å². The first-order valence-corrected chi connectivity index (χ1v) is 6.99. The van der Waals surface area contributed by atoms with Crippen LogP contribution < -0.4 is 5.32 Å². The molecule has 100 valence electrons. The second-order valence-corrected chi connectivity index (χ2v) is 5.49. The van der Waals surface area contributed by atoms with Gasteiger partial charge in [-0.15, -0.1) is 0 Å². The zero-order valence-electron chi connectivity index (χ0n) is 11.3. The number of piperazine rings is 1. The normalized spacial score (nSPS) is 29.6. The largest absolute Gasteiger partial charge is 0.381 e. The van der Waals surface area contributed by atoms with E-state index in [1.165, 1.54) is 39.0 Å². The molecule has 4 heteroatoms. The van der Waals surface area contributed by atoms with Gasteiger partial charge in [0.25, 0.3) is 0 Å². The number of hydrogen-bond donors (Lipinski definition) is 1. The Morgan fingerprint density at radius 3 is 2.71 bits per heavy atom. The van der Waals surface area contributed by atoms with Crippen LogP contribution in [-0.4, -0.2) is 74.9 Å². The summed E-state index contributed by atoms with van der Waals surface area (Å²) in [7, 11) is 2.22. The predicted octanol–water partition coefficient (Wildman–Crippen LogP) is 0.391. The molecule has 2 aliphatic heterocycles. The Balaban J connectivity index is 1.61. The second-order valence-electron chi connectivity index (χ2n) is 5.49. The van der Waals surface area contributed by atoms with Gasteiger partial charge in [-0.3, -0.25) is 4.90 Å². The van der Waals surface area contributed by atoms with Crippen LogP contribution >= 0.6 is 0 Å². The Labute approximate surface area is 105 Å². The van der Waals surface area contributed by atoms with Crippen LogP contribution in [-0.2, 0) is 4.74 Å². The number of ether oxygens (including phenoxy) is 1. The molecule has 2 heterocycles. The molecule has 0 aliphatic carbocycles. The van der Waals surface area contributed by atoms with Gasteiger partial charge in [-0.25, -0.2) is 0 Å². The van der Waals surface area contributed by atoms with Gasteiger partial charge in [-0.2, -0.15) is 0 Å². The first kappa shape index (κ1) is 13.3. The van der Waals surface area contributed by atoms with Crippen molar-refractivity contribution in [3.8, 4) is 0 Å². The van der Waals surface area contributed by atoms with E-state index < -0.39 is 0 Å². The fourth-order valence-corrected chi connectivity index (χ4v) is 2.82. The number of nitrogens with zero attached hydrogens (tertiary/aromatic N) is 2. The first-order valence-electron chi connectivity index (χ1n) is 6.99. The van der Waals surface area contributed by atoms with Gasteiger partial charge < -0.3 is 15.0 Å². The Morgan fingerprint density at radius 1 is 1.24 bits per heavy atom. The lowest BCUT2D eigenvalue weighted by Gasteiger charge is -2.38. The van der Waals surface area contributed by atoms with Crippen molar-refractivity contribution in [3.63, 3.8) is 0 Å². The maximum atomic E-state index is 5.37. The summed E-state index contributed by atoms with van der Waals surface area (Å²) in [6, 6.07) is 1.39. The number of likely N-dealkylation sites (N-methyl/N-ethyl adjacent to an activating group) is 1. The van der Waals surface area contributed by atoms with Crippen LogP contribution in [0.1, 0.15) is 19.8 Å². The summed E-state index contributed by atoms with van der Waals surface area (Å²) in [6.45, 7) is 10.1. The van der Waals surface area contributed by atoms with Crippen LogP contribution in [0.5, 0.6) is 0 Å². The molecule has 2 aliphatic rings. The predicted molar refractivity (Wildman–Crippen MR) is 70.4 cm³/mol. The molecule has 2 rings (SSSR count). The Kier molecular flexibility index (Phi) is 5.22. The standard InChI is InChI=1S/C13H27N3O/c1-12-11-15(2)7-8-16(12)6-5-14-13-3-9-17-10-4-13/h12-14H,3-11H2,1-2H3. The molecule has 2 saturated heterocycles. The molecule has 0 bridgehead atoms. The van der Waals surface area contributed by atoms with Gasteiger partial charge in [0.1, 0.15) is 0 Å². The quantitative estimate of drug-likeness (QED) is 0.771. The van der Waals surface area contributed by atoms with Gasteiger partial charge in [0.15, 0.2) is 0 Å². The van der Waals surface area contributed by atoms with E-state index in [0.717, 1.165) is 19.8 Å². The average molecular weight is 241 g/mol. The maximum Gasteiger partial charge on any atom is 0.0480 e. The summed E-state index contributed by atoms with van der Waals surface area (Å²) < 4.78 is 5.37. The summed E-state index contributed by atoms with van der Waals surface area (Å²) in [5, 5.41) is 3.67. The zero-order valence-corrected chi connectivity index (χ0v) is 11.3. The van der Waals surface area contributed by atoms with Crippen molar-refractivity contribution in [2.75, 3.05) is 53.0 Å². The van der Waals surface area contributed by atoms with Crippen LogP contribution in [0.2, 0.25) is 0 Å². The minimum atomic E-state index is 0.687. The molecular weight excluding hydrogens is 214 g/mol. The summed E-state index contributed by atoms with van der Waals surface area (Å²) in [6.07, 6.45) is 2.36. The van der Waals surface area contributed by atoms with E-state index in [1.54, 1.807) is 0 Å². The Bertz CT molecular complexity index is 219. The first-order chi connectivity index (χ1) is 8.25. The summed E-state index contributed by atoms with van der Waals surface area (Å²) in [5.74, 6) is 0. The van der Waals surface area contributed by atoms with E-state index in [2.05, 4.69) is 29.1 Å². The molecule has 0 aromatic heterocycles. The van der Waals surface area contributed by atoms with Gasteiger partial charge in [-0.1, -0.05) is 0 Å². The highest BCUT2D eigenvalue weighted by molar-refractivity contribution is 4.78. The lowest BCUT2D eigenvalue weighted by molar-refractivity contribution is 0.0727. The Morgan fingerprint density at radius 2 is 2.00 bits per heavy atom. The highest BCUT2D eigenvalue weighted by Crippen LogP contribution is 2.08. The molecule has 0 spiro atoms. The topological polar surface area (TPSA) is 27.7 Å². The third-order valence-electron chi connectivity index (χ3n) is 4.02. The Hall–Kier alpha value is -0.160. The van der Waals surface area contributed by atoms with E-state index in [-0.39, 0.29) is 0 Å². The molecule has 1 atom stereocenters. The van der Waals surface area contributed by atoms with E-state index in [4.69, 9.17) is 4.74 Å². The van der Waals surface area contributed by atoms with E-state index in [1.807, 2.05) is 0 Å². The smallest absolute Gasteiger partial charge is 0.0480 e. The molecule has 2 fully saturated rings. The van der Waals surface area contributed by atoms with Crippen molar-refractivity contribution >= 4 is 0 Å². The summed E-state index contributed by atoms with van der Waals surface area (Å²) in [4.78, 5) is 5.03. The average Bonchev–Trinajstić information content (AvgIpc) is 2.33. The van der Waals surface area contributed by atoms with Gasteiger partial charge in [0.05, 0.1) is 0 Å². The molecule has 0 aromatic carbocycles. The van der Waals surface area contributed by atoms with E-state index >= 15 is 0 Å². The highest BCUT2D eigenvalue weighted by atomic mass is 16.5. The number of hydrogen-bond acceptors (Lipinski definition) is 4. The van der Waals surface area contributed by atoms with Gasteiger partial charge in [0, 0.05) is 58.0 Å². The van der Waals surface area contributed by atoms with Crippen LogP contribution in [0.15, 0.2) is 0 Å². The third-order valence-corrected chi connectivity index (χ3v) is 4.02. The van der Waals surface area contributed by atoms with Gasteiger partial charge in [0.2, 0.25) is 0 Å². The SMILES string of the molecule is CC1CN(C)CCN1CCNC1CCOCC1. The summed E-state index contributed by atoms with van der Waals surface area (Å²) in [5.41, 5.74) is 0. The van der Waals surface area contributed by atoms with Crippen LogP contribution in [0.4, 0.5) is 0 Å². The third kappa shape index (κ3) is 4.21. The number of nitrogens with one attached hydrogen (secondary N) is 1. The second kappa shape index (κ2) is 6.69. The maximum absolute atomic E-state index is 5.37. The summed E-state index contributed by atoms with van der Waals surface area (Å²) >= 11 is 0. The lowest BCUT2D eigenvalue weighted by atomic mass is 10.1. The molecule has 0 saturated carbocycles. The van der Waals surface area contributed by atoms with Crippen molar-refractivity contribution in [2.24, 2.45) is 0 Å². The van der Waals surface area contributed by atoms with E-state index in [9.17, 15) is 0 Å². The monoisotopic (exact) mass is 241 g/mol. The molecule has 1 N–H and O–H groups in total. The molecule has 1 unspecified atom stereocenters. The van der Waals surface area contributed by atoms with Crippen molar-refractivity contribution in [1.82, 2.24) is 15.1 Å². The fraction of sp³-hybridized carbons (Fsp3) is 1.00. The van der Waals surface area contributed by atoms with Crippen LogP contribution in [0.3, 0.4) is 0 Å². The molecule has 0 amide bonds. The molecular formula is C13H27N3O. The van der Waals surface area contributed by atoms with Gasteiger partial charge >= 0.3 is 0 Å². The fourth-order valence-electron chi connectivity index (χ4n) is 2.82. The molecule has 0 aromatic rings. The highest BCUT2D eigenvalue weighted by Gasteiger charge is 2.21. The molecule has 4 nitrogen and oxygen atoms in total. The molecule has 0 radical (unpaired) electrons. The van der Waals surface area contributed by atoms with Crippen molar-refractivity contribution in [1.29, 1.82) is 0 Å². The lowest BCUT2D eigenvalue weighted by Crippen LogP contribution is -2.52. The minimum absolute atomic E-state index is 0.687. The van der Waals surface area contributed by atoms with Crippen LogP contribution in [0.25, 0.3) is 0 Å². The molecule has 17 heavy (non-hydrogen) atoms. The van der Waals surface area contributed by atoms with Crippen LogP contribution in [0, 0.1) is 0 Å². The van der Waals surface area contributed by atoms with Crippen molar-refractivity contribution in [3.05, 3.63) is 0 Å². The zero-order chi connectivity index (χ0) is 12.1. The van der Waals surface area contributed by atoms with E-state index in [0.29, 0.717) is 12.1 Å². The van der Waals surface area contributed by atoms with Crippen molar-refractivity contribution < 1.29 is 4.74 Å². The minimum Gasteiger partial charge on any atom is -0.381 e. The van der Waals surface area contributed by atoms with Gasteiger partial charge in [-0.05, 0) is 26.8 Å². The number of rotatable bonds is 4.